The van der Waals surface area contributed by atoms with Gasteiger partial charge in [0, 0.05) is 45.9 Å². The van der Waals surface area contributed by atoms with Gasteiger partial charge in [0.25, 0.3) is 0 Å². The lowest BCUT2D eigenvalue weighted by molar-refractivity contribution is -0.131. The van der Waals surface area contributed by atoms with Crippen LogP contribution in [0.15, 0.2) is 72.9 Å². The molecule has 8 nitrogen and oxygen atoms in total. The number of benzene rings is 2. The third-order valence-electron chi connectivity index (χ3n) is 5.72. The van der Waals surface area contributed by atoms with Crippen molar-refractivity contribution in [3.05, 3.63) is 84.0 Å². The van der Waals surface area contributed by atoms with Gasteiger partial charge in [-0.15, -0.1) is 0 Å². The van der Waals surface area contributed by atoms with E-state index in [1.807, 2.05) is 6.92 Å². The molecule has 0 radical (unpaired) electrons. The van der Waals surface area contributed by atoms with Gasteiger partial charge in [-0.05, 0) is 56.5 Å². The van der Waals surface area contributed by atoms with Crippen LogP contribution in [0.4, 0.5) is 0 Å². The molecule has 38 heavy (non-hydrogen) atoms. The zero-order valence-corrected chi connectivity index (χ0v) is 22.1. The number of ether oxygens (including phenoxy) is 4. The van der Waals surface area contributed by atoms with E-state index in [0.717, 1.165) is 0 Å². The van der Waals surface area contributed by atoms with Crippen LogP contribution in [-0.2, 0) is 14.4 Å². The van der Waals surface area contributed by atoms with Gasteiger partial charge in [-0.1, -0.05) is 33.2 Å². The fraction of sp³-hybridized carbons (Fsp3) is 0.233. The number of hydrogen-bond acceptors (Lipinski definition) is 8. The van der Waals surface area contributed by atoms with E-state index in [-0.39, 0.29) is 45.6 Å². The molecule has 198 valence electrons. The zero-order chi connectivity index (χ0) is 28.5. The van der Waals surface area contributed by atoms with Crippen molar-refractivity contribution in [1.82, 2.24) is 0 Å². The normalized spacial score (nSPS) is 13.9. The largest absolute Gasteiger partial charge is 0.460 e. The van der Waals surface area contributed by atoms with Gasteiger partial charge in [-0.25, -0.2) is 14.4 Å². The number of carbonyl (C=O) groups excluding carboxylic acids is 3. The molecular formula is C30H30O8. The molecule has 1 aliphatic carbocycles. The van der Waals surface area contributed by atoms with Gasteiger partial charge in [0.15, 0.2) is 0 Å². The van der Waals surface area contributed by atoms with Crippen LogP contribution in [0, 0.1) is 0 Å². The van der Waals surface area contributed by atoms with Gasteiger partial charge in [0.05, 0.1) is 0 Å². The Morgan fingerprint density at radius 2 is 1.11 bits per heavy atom. The maximum Gasteiger partial charge on any atom is 0.338 e. The second kappa shape index (κ2) is 10.9. The number of fused-ring (bicyclic) bond motifs is 3. The number of aliphatic hydroxyl groups is 1. The standard InChI is InChI=1S/C30H30O8/c1-14(2)27(31)35-19-10-21-18(9)22-11-20(36-28(32)15(3)4)13-24(38-30(34)17(7)8)26(22)25(21)23(12-19)37-29(33)16(5)6/h10-13,18,29,33H,1,3,5,7H2,2,4,6,8-9H3. The Kier molecular flexibility index (Phi) is 8.07. The molecule has 0 saturated carbocycles. The number of carbonyl (C=O) groups is 3. The van der Waals surface area contributed by atoms with E-state index < -0.39 is 24.2 Å². The molecule has 2 aromatic rings. The van der Waals surface area contributed by atoms with Crippen LogP contribution in [0.25, 0.3) is 11.1 Å². The van der Waals surface area contributed by atoms with Crippen LogP contribution in [0.1, 0.15) is 51.7 Å². The van der Waals surface area contributed by atoms with Gasteiger partial charge in [0.2, 0.25) is 6.29 Å². The predicted molar refractivity (Wildman–Crippen MR) is 142 cm³/mol. The number of esters is 3. The molecule has 0 amide bonds. The summed E-state index contributed by atoms with van der Waals surface area (Å²) in [5, 5.41) is 10.5. The summed E-state index contributed by atoms with van der Waals surface area (Å²) in [5.74, 6) is -1.77. The molecule has 0 aromatic heterocycles. The van der Waals surface area contributed by atoms with E-state index in [4.69, 9.17) is 18.9 Å². The van der Waals surface area contributed by atoms with Crippen molar-refractivity contribution in [3.63, 3.8) is 0 Å². The van der Waals surface area contributed by atoms with Crippen molar-refractivity contribution < 1.29 is 38.4 Å². The molecule has 1 aliphatic rings. The molecule has 0 bridgehead atoms. The number of hydrogen-bond donors (Lipinski definition) is 1. The SMILES string of the molecule is C=C(C)C(=O)Oc1cc(OC(=O)C(=C)C)c2c(c1)C(C)c1cc(OC(=O)C(=C)C)cc(OC(O)C(=C)C)c1-2. The average molecular weight is 519 g/mol. The Morgan fingerprint density at radius 1 is 0.711 bits per heavy atom. The number of rotatable bonds is 9. The molecule has 0 fully saturated rings. The van der Waals surface area contributed by atoms with Crippen LogP contribution < -0.4 is 18.9 Å². The van der Waals surface area contributed by atoms with Crippen LogP contribution in [-0.4, -0.2) is 29.3 Å². The van der Waals surface area contributed by atoms with E-state index in [1.165, 1.54) is 32.9 Å². The topological polar surface area (TPSA) is 108 Å². The van der Waals surface area contributed by atoms with Crippen LogP contribution in [0.3, 0.4) is 0 Å². The van der Waals surface area contributed by atoms with E-state index >= 15 is 0 Å². The second-order valence-corrected chi connectivity index (χ2v) is 9.32. The smallest absolute Gasteiger partial charge is 0.338 e. The molecule has 1 N–H and O–H groups in total. The fourth-order valence-corrected chi connectivity index (χ4v) is 3.69. The highest BCUT2D eigenvalue weighted by Crippen LogP contribution is 2.55. The minimum Gasteiger partial charge on any atom is -0.460 e. The third kappa shape index (κ3) is 5.76. The molecule has 2 aromatic carbocycles. The lowest BCUT2D eigenvalue weighted by atomic mass is 9.99. The Labute approximate surface area is 221 Å². The van der Waals surface area contributed by atoms with Crippen LogP contribution >= 0.6 is 0 Å². The van der Waals surface area contributed by atoms with Crippen LogP contribution in [0.2, 0.25) is 0 Å². The molecular weight excluding hydrogens is 488 g/mol. The van der Waals surface area contributed by atoms with Gasteiger partial charge in [-0.2, -0.15) is 0 Å². The maximum absolute atomic E-state index is 12.5. The van der Waals surface area contributed by atoms with Gasteiger partial charge in [-0.3, -0.25) is 0 Å². The first-order valence-corrected chi connectivity index (χ1v) is 11.7. The molecule has 3 rings (SSSR count). The zero-order valence-electron chi connectivity index (χ0n) is 22.1. The molecule has 0 spiro atoms. The van der Waals surface area contributed by atoms with Crippen molar-refractivity contribution in [3.8, 4) is 34.1 Å². The summed E-state index contributed by atoms with van der Waals surface area (Å²) in [7, 11) is 0. The lowest BCUT2D eigenvalue weighted by Gasteiger charge is -2.19. The van der Waals surface area contributed by atoms with Gasteiger partial charge >= 0.3 is 17.9 Å². The van der Waals surface area contributed by atoms with Crippen molar-refractivity contribution in [2.45, 2.75) is 46.8 Å². The highest BCUT2D eigenvalue weighted by molar-refractivity contribution is 5.95. The van der Waals surface area contributed by atoms with Crippen molar-refractivity contribution in [2.75, 3.05) is 0 Å². The first-order valence-electron chi connectivity index (χ1n) is 11.7. The summed E-state index contributed by atoms with van der Waals surface area (Å²) in [6.45, 7) is 22.6. The van der Waals surface area contributed by atoms with Crippen molar-refractivity contribution in [1.29, 1.82) is 0 Å². The quantitative estimate of drug-likeness (QED) is 0.152. The number of aliphatic hydroxyl groups excluding tert-OH is 1. The lowest BCUT2D eigenvalue weighted by Crippen LogP contribution is -2.17. The predicted octanol–water partition coefficient (Wildman–Crippen LogP) is 5.54. The highest BCUT2D eigenvalue weighted by atomic mass is 16.6. The minimum atomic E-state index is -1.37. The van der Waals surface area contributed by atoms with Crippen molar-refractivity contribution >= 4 is 17.9 Å². The summed E-state index contributed by atoms with van der Waals surface area (Å²) in [6, 6.07) is 6.17. The monoisotopic (exact) mass is 518 g/mol. The fourth-order valence-electron chi connectivity index (χ4n) is 3.69. The Morgan fingerprint density at radius 3 is 1.53 bits per heavy atom. The summed E-state index contributed by atoms with van der Waals surface area (Å²) in [6.07, 6.45) is -1.37. The summed E-state index contributed by atoms with van der Waals surface area (Å²) in [4.78, 5) is 37.0. The summed E-state index contributed by atoms with van der Waals surface area (Å²) < 4.78 is 22.4. The van der Waals surface area contributed by atoms with E-state index in [2.05, 4.69) is 26.3 Å². The van der Waals surface area contributed by atoms with Crippen molar-refractivity contribution in [2.24, 2.45) is 0 Å². The Balaban J connectivity index is 2.28. The molecule has 2 unspecified atom stereocenters. The maximum atomic E-state index is 12.5. The molecule has 0 saturated heterocycles. The first-order chi connectivity index (χ1) is 17.7. The Bertz CT molecular complexity index is 1410. The van der Waals surface area contributed by atoms with E-state index in [1.54, 1.807) is 19.1 Å². The molecule has 8 heteroatoms. The highest BCUT2D eigenvalue weighted by Gasteiger charge is 2.35. The van der Waals surface area contributed by atoms with E-state index in [0.29, 0.717) is 27.8 Å². The minimum absolute atomic E-state index is 0.0898. The molecule has 0 aliphatic heterocycles. The Hall–Kier alpha value is -4.43. The molecule has 0 heterocycles. The van der Waals surface area contributed by atoms with Crippen LogP contribution in [0.5, 0.6) is 23.0 Å². The second-order valence-electron chi connectivity index (χ2n) is 9.32. The first kappa shape index (κ1) is 28.1. The molecule has 2 atom stereocenters. The summed E-state index contributed by atoms with van der Waals surface area (Å²) in [5.41, 5.74) is 3.18. The average Bonchev–Trinajstić information content (AvgIpc) is 3.11. The van der Waals surface area contributed by atoms with Gasteiger partial charge in [0.1, 0.15) is 23.0 Å². The summed E-state index contributed by atoms with van der Waals surface area (Å²) >= 11 is 0. The van der Waals surface area contributed by atoms with E-state index in [9.17, 15) is 19.5 Å². The third-order valence-corrected chi connectivity index (χ3v) is 5.72. The van der Waals surface area contributed by atoms with Gasteiger partial charge < -0.3 is 24.1 Å².